The van der Waals surface area contributed by atoms with Crippen LogP contribution in [0.3, 0.4) is 0 Å². The van der Waals surface area contributed by atoms with E-state index in [-0.39, 0.29) is 0 Å². The number of hydrogen-bond acceptors (Lipinski definition) is 4. The predicted molar refractivity (Wildman–Crippen MR) is 89.7 cm³/mol. The summed E-state index contributed by atoms with van der Waals surface area (Å²) in [5.74, 6) is 0. The Labute approximate surface area is 131 Å². The maximum atomic E-state index is 5.50. The number of thiazole rings is 1. The number of hydrogen-bond donors (Lipinski definition) is 1. The summed E-state index contributed by atoms with van der Waals surface area (Å²) in [4.78, 5) is 6.13. The van der Waals surface area contributed by atoms with Crippen LogP contribution in [0.15, 0.2) is 30.3 Å². The topological polar surface area (TPSA) is 34.1 Å². The van der Waals surface area contributed by atoms with E-state index in [9.17, 15) is 0 Å². The molecular weight excluding hydrogens is 280 g/mol. The molecule has 0 bridgehead atoms. The first-order valence-corrected chi connectivity index (χ1v) is 8.49. The fourth-order valence-electron chi connectivity index (χ4n) is 2.15. The zero-order chi connectivity index (χ0) is 14.9. The van der Waals surface area contributed by atoms with Crippen molar-refractivity contribution in [2.75, 3.05) is 19.7 Å². The first kappa shape index (κ1) is 16.1. The maximum absolute atomic E-state index is 5.50. The van der Waals surface area contributed by atoms with Crippen LogP contribution in [-0.2, 0) is 17.8 Å². The minimum Gasteiger partial charge on any atom is -0.375 e. The molecule has 0 unspecified atom stereocenters. The third-order valence-corrected chi connectivity index (χ3v) is 4.26. The van der Waals surface area contributed by atoms with Gasteiger partial charge in [0.25, 0.3) is 0 Å². The standard InChI is InChI=1S/C17H24N2OS/c1-3-11-18-12-10-15-17(14-8-6-5-7-9-14)19-16(21-15)13-20-4-2/h5-9,18H,3-4,10-13H2,1-2H3. The van der Waals surface area contributed by atoms with Crippen molar-refractivity contribution >= 4 is 11.3 Å². The highest BCUT2D eigenvalue weighted by Crippen LogP contribution is 2.29. The Bertz CT molecular complexity index is 525. The summed E-state index contributed by atoms with van der Waals surface area (Å²) in [5.41, 5.74) is 2.32. The second kappa shape index (κ2) is 8.93. The molecule has 0 atom stereocenters. The third-order valence-electron chi connectivity index (χ3n) is 3.17. The van der Waals surface area contributed by atoms with Crippen molar-refractivity contribution in [1.29, 1.82) is 0 Å². The molecule has 0 spiro atoms. The quantitative estimate of drug-likeness (QED) is 0.714. The molecule has 0 amide bonds. The van der Waals surface area contributed by atoms with Gasteiger partial charge in [-0.1, -0.05) is 37.3 Å². The molecule has 0 aliphatic carbocycles. The molecule has 3 nitrogen and oxygen atoms in total. The Hall–Kier alpha value is -1.23. The van der Waals surface area contributed by atoms with Gasteiger partial charge in [-0.3, -0.25) is 0 Å². The Kier molecular flexibility index (Phi) is 6.86. The lowest BCUT2D eigenvalue weighted by Gasteiger charge is -2.03. The first-order valence-electron chi connectivity index (χ1n) is 7.67. The monoisotopic (exact) mass is 304 g/mol. The van der Waals surface area contributed by atoms with Gasteiger partial charge in [0.1, 0.15) is 5.01 Å². The normalized spacial score (nSPS) is 11.0. The third kappa shape index (κ3) is 4.92. The fourth-order valence-corrected chi connectivity index (χ4v) is 3.17. The zero-order valence-corrected chi connectivity index (χ0v) is 13.7. The van der Waals surface area contributed by atoms with E-state index in [0.29, 0.717) is 6.61 Å². The lowest BCUT2D eigenvalue weighted by molar-refractivity contribution is 0.134. The zero-order valence-electron chi connectivity index (χ0n) is 12.9. The van der Waals surface area contributed by atoms with E-state index in [1.54, 1.807) is 11.3 Å². The summed E-state index contributed by atoms with van der Waals surface area (Å²) in [7, 11) is 0. The lowest BCUT2D eigenvalue weighted by Crippen LogP contribution is -2.17. The summed E-state index contributed by atoms with van der Waals surface area (Å²) in [6.07, 6.45) is 2.19. The van der Waals surface area contributed by atoms with Crippen molar-refractivity contribution in [1.82, 2.24) is 10.3 Å². The van der Waals surface area contributed by atoms with Crippen molar-refractivity contribution < 1.29 is 4.74 Å². The minimum absolute atomic E-state index is 0.614. The van der Waals surface area contributed by atoms with E-state index in [4.69, 9.17) is 9.72 Å². The molecular formula is C17H24N2OS. The van der Waals surface area contributed by atoms with Gasteiger partial charge in [0.15, 0.2) is 0 Å². The minimum atomic E-state index is 0.614. The van der Waals surface area contributed by atoms with Gasteiger partial charge in [0, 0.05) is 23.6 Å². The van der Waals surface area contributed by atoms with Gasteiger partial charge in [0.05, 0.1) is 12.3 Å². The summed E-state index contributed by atoms with van der Waals surface area (Å²) in [6, 6.07) is 10.4. The smallest absolute Gasteiger partial charge is 0.119 e. The second-order valence-corrected chi connectivity index (χ2v) is 6.05. The van der Waals surface area contributed by atoms with Gasteiger partial charge in [-0.15, -0.1) is 11.3 Å². The molecule has 2 aromatic rings. The predicted octanol–water partition coefficient (Wildman–Crippen LogP) is 3.89. The van der Waals surface area contributed by atoms with Crippen LogP contribution in [0.5, 0.6) is 0 Å². The van der Waals surface area contributed by atoms with Crippen LogP contribution in [-0.4, -0.2) is 24.7 Å². The van der Waals surface area contributed by atoms with Crippen LogP contribution in [0.1, 0.15) is 30.2 Å². The van der Waals surface area contributed by atoms with Gasteiger partial charge in [0.2, 0.25) is 0 Å². The maximum Gasteiger partial charge on any atom is 0.119 e. The van der Waals surface area contributed by atoms with Crippen molar-refractivity contribution in [2.24, 2.45) is 0 Å². The van der Waals surface area contributed by atoms with E-state index >= 15 is 0 Å². The number of aromatic nitrogens is 1. The highest BCUT2D eigenvalue weighted by atomic mass is 32.1. The summed E-state index contributed by atoms with van der Waals surface area (Å²) >= 11 is 1.78. The fraction of sp³-hybridized carbons (Fsp3) is 0.471. The number of nitrogens with zero attached hydrogens (tertiary/aromatic N) is 1. The summed E-state index contributed by atoms with van der Waals surface area (Å²) in [5, 5.41) is 4.53. The van der Waals surface area contributed by atoms with Crippen LogP contribution >= 0.6 is 11.3 Å². The van der Waals surface area contributed by atoms with Gasteiger partial charge < -0.3 is 10.1 Å². The van der Waals surface area contributed by atoms with Crippen LogP contribution in [0.25, 0.3) is 11.3 Å². The molecule has 0 radical (unpaired) electrons. The van der Waals surface area contributed by atoms with Crippen molar-refractivity contribution in [3.8, 4) is 11.3 Å². The molecule has 2 rings (SSSR count). The lowest BCUT2D eigenvalue weighted by atomic mass is 10.1. The molecule has 0 saturated heterocycles. The second-order valence-electron chi connectivity index (χ2n) is 4.88. The molecule has 1 aromatic heterocycles. The molecule has 4 heteroatoms. The Morgan fingerprint density at radius 3 is 2.67 bits per heavy atom. The molecule has 0 saturated carbocycles. The number of rotatable bonds is 9. The van der Waals surface area contributed by atoms with Crippen LogP contribution in [0.4, 0.5) is 0 Å². The SMILES string of the molecule is CCCNCCc1sc(COCC)nc1-c1ccccc1. The van der Waals surface area contributed by atoms with Crippen LogP contribution in [0.2, 0.25) is 0 Å². The number of benzene rings is 1. The molecule has 21 heavy (non-hydrogen) atoms. The van der Waals surface area contributed by atoms with Gasteiger partial charge in [-0.05, 0) is 26.3 Å². The molecule has 0 aliphatic rings. The molecule has 1 aromatic carbocycles. The molecule has 1 heterocycles. The van der Waals surface area contributed by atoms with E-state index in [1.165, 1.54) is 16.9 Å². The number of ether oxygens (including phenoxy) is 1. The van der Waals surface area contributed by atoms with Crippen molar-refractivity contribution in [2.45, 2.75) is 33.3 Å². The Morgan fingerprint density at radius 2 is 1.95 bits per heavy atom. The molecule has 0 aliphatic heterocycles. The summed E-state index contributed by atoms with van der Waals surface area (Å²) in [6.45, 7) is 7.63. The van der Waals surface area contributed by atoms with E-state index in [0.717, 1.165) is 36.8 Å². The highest BCUT2D eigenvalue weighted by Gasteiger charge is 2.12. The Balaban J connectivity index is 2.13. The number of nitrogens with one attached hydrogen (secondary N) is 1. The molecule has 0 fully saturated rings. The van der Waals surface area contributed by atoms with Gasteiger partial charge in [-0.25, -0.2) is 4.98 Å². The van der Waals surface area contributed by atoms with E-state index in [2.05, 4.69) is 36.5 Å². The van der Waals surface area contributed by atoms with E-state index in [1.807, 2.05) is 13.0 Å². The largest absolute Gasteiger partial charge is 0.375 e. The average Bonchev–Trinajstić information content (AvgIpc) is 2.93. The first-order chi connectivity index (χ1) is 10.3. The van der Waals surface area contributed by atoms with Crippen LogP contribution < -0.4 is 5.32 Å². The molecule has 114 valence electrons. The summed E-state index contributed by atoms with van der Waals surface area (Å²) < 4.78 is 5.50. The molecule has 1 N–H and O–H groups in total. The van der Waals surface area contributed by atoms with Crippen molar-refractivity contribution in [3.05, 3.63) is 40.2 Å². The average molecular weight is 304 g/mol. The van der Waals surface area contributed by atoms with Crippen molar-refractivity contribution in [3.63, 3.8) is 0 Å². The van der Waals surface area contributed by atoms with Gasteiger partial charge in [-0.2, -0.15) is 0 Å². The van der Waals surface area contributed by atoms with E-state index < -0.39 is 0 Å². The Morgan fingerprint density at radius 1 is 1.14 bits per heavy atom. The highest BCUT2D eigenvalue weighted by molar-refractivity contribution is 7.12. The van der Waals surface area contributed by atoms with Gasteiger partial charge >= 0.3 is 0 Å². The van der Waals surface area contributed by atoms with Crippen LogP contribution in [0, 0.1) is 0 Å².